The molecular formula is C16H18N8O2. The smallest absolute Gasteiger partial charge is 0.271 e. The molecule has 3 aromatic rings. The fourth-order valence-corrected chi connectivity index (χ4v) is 3.10. The van der Waals surface area contributed by atoms with Gasteiger partial charge in [-0.1, -0.05) is 0 Å². The van der Waals surface area contributed by atoms with Gasteiger partial charge in [-0.25, -0.2) is 9.50 Å². The number of nitrogens with one attached hydrogen (secondary N) is 2. The van der Waals surface area contributed by atoms with E-state index >= 15 is 0 Å². The summed E-state index contributed by atoms with van der Waals surface area (Å²) in [5.74, 6) is -1.11. The Hall–Kier alpha value is -3.27. The van der Waals surface area contributed by atoms with E-state index in [4.69, 9.17) is 5.73 Å². The number of carbonyl (C=O) groups excluding carboxylic acids is 2. The van der Waals surface area contributed by atoms with Crippen LogP contribution in [0.25, 0.3) is 5.65 Å². The number of hydrogen-bond acceptors (Lipinski definition) is 6. The molecule has 0 atom stereocenters. The van der Waals surface area contributed by atoms with Gasteiger partial charge in [-0.3, -0.25) is 14.3 Å². The second kappa shape index (κ2) is 6.56. The lowest BCUT2D eigenvalue weighted by Crippen LogP contribution is -2.29. The maximum Gasteiger partial charge on any atom is 0.271 e. The van der Waals surface area contributed by atoms with Gasteiger partial charge in [0.15, 0.2) is 11.3 Å². The van der Waals surface area contributed by atoms with E-state index in [1.54, 1.807) is 29.3 Å². The van der Waals surface area contributed by atoms with Gasteiger partial charge in [-0.2, -0.15) is 10.2 Å². The molecule has 10 heteroatoms. The molecule has 3 aromatic heterocycles. The van der Waals surface area contributed by atoms with Gasteiger partial charge < -0.3 is 16.4 Å². The predicted octanol–water partition coefficient (Wildman–Crippen LogP) is 0.201. The number of nitrogens with two attached hydrogens (primary N) is 1. The van der Waals surface area contributed by atoms with Crippen LogP contribution in [0.1, 0.15) is 39.7 Å². The molecule has 10 nitrogen and oxygen atoms in total. The summed E-state index contributed by atoms with van der Waals surface area (Å²) in [5.41, 5.74) is 6.50. The number of primary amides is 1. The Morgan fingerprint density at radius 3 is 2.88 bits per heavy atom. The number of fused-ring (bicyclic) bond motifs is 1. The summed E-state index contributed by atoms with van der Waals surface area (Å²) < 4.78 is 3.22. The van der Waals surface area contributed by atoms with Gasteiger partial charge in [0.2, 0.25) is 0 Å². The minimum absolute atomic E-state index is 0.0429. The topological polar surface area (TPSA) is 132 Å². The summed E-state index contributed by atoms with van der Waals surface area (Å²) in [6, 6.07) is 1.88. The predicted molar refractivity (Wildman–Crippen MR) is 92.8 cm³/mol. The molecule has 4 rings (SSSR count). The molecular weight excluding hydrogens is 336 g/mol. The summed E-state index contributed by atoms with van der Waals surface area (Å²) >= 11 is 0. The Labute approximate surface area is 148 Å². The lowest BCUT2D eigenvalue weighted by Gasteiger charge is -2.22. The van der Waals surface area contributed by atoms with E-state index in [9.17, 15) is 9.59 Å². The van der Waals surface area contributed by atoms with Gasteiger partial charge in [-0.15, -0.1) is 0 Å². The Bertz CT molecular complexity index is 970. The van der Waals surface area contributed by atoms with E-state index in [-0.39, 0.29) is 17.4 Å². The van der Waals surface area contributed by atoms with Crippen molar-refractivity contribution in [1.82, 2.24) is 29.7 Å². The van der Waals surface area contributed by atoms with Gasteiger partial charge in [0.1, 0.15) is 5.56 Å². The minimum atomic E-state index is -0.689. The second-order valence-corrected chi connectivity index (χ2v) is 6.12. The van der Waals surface area contributed by atoms with E-state index in [0.29, 0.717) is 11.2 Å². The molecule has 0 aliphatic carbocycles. The van der Waals surface area contributed by atoms with Crippen LogP contribution < -0.4 is 16.4 Å². The van der Waals surface area contributed by atoms with Crippen LogP contribution in [-0.4, -0.2) is 49.3 Å². The molecule has 0 saturated carbocycles. The van der Waals surface area contributed by atoms with Gasteiger partial charge >= 0.3 is 0 Å². The molecule has 0 aromatic carbocycles. The zero-order chi connectivity index (χ0) is 18.1. The van der Waals surface area contributed by atoms with E-state index in [1.807, 2.05) is 0 Å². The number of aromatic nitrogens is 5. The van der Waals surface area contributed by atoms with Gasteiger partial charge in [0.25, 0.3) is 11.8 Å². The SMILES string of the molecule is NC(=O)c1nn(C2CCNCC2)cc1NC(=O)c1cnn2cccnc12. The van der Waals surface area contributed by atoms with E-state index < -0.39 is 11.8 Å². The Balaban J connectivity index is 1.63. The number of nitrogens with zero attached hydrogens (tertiary/aromatic N) is 5. The largest absolute Gasteiger partial charge is 0.364 e. The van der Waals surface area contributed by atoms with Crippen molar-refractivity contribution in [1.29, 1.82) is 0 Å². The first-order chi connectivity index (χ1) is 12.6. The average Bonchev–Trinajstić information content (AvgIpc) is 3.27. The molecule has 1 saturated heterocycles. The highest BCUT2D eigenvalue weighted by Gasteiger charge is 2.23. The third-order valence-electron chi connectivity index (χ3n) is 4.42. The van der Waals surface area contributed by atoms with Crippen molar-refractivity contribution in [3.8, 4) is 0 Å². The van der Waals surface area contributed by atoms with Crippen molar-refractivity contribution >= 4 is 23.1 Å². The first-order valence-electron chi connectivity index (χ1n) is 8.33. The zero-order valence-electron chi connectivity index (χ0n) is 13.9. The number of carbonyl (C=O) groups is 2. The molecule has 0 radical (unpaired) electrons. The highest BCUT2D eigenvalue weighted by molar-refractivity contribution is 6.10. The normalized spacial score (nSPS) is 15.2. The van der Waals surface area contributed by atoms with Crippen molar-refractivity contribution in [2.24, 2.45) is 5.73 Å². The molecule has 4 N–H and O–H groups in total. The van der Waals surface area contributed by atoms with Gasteiger partial charge in [0, 0.05) is 18.6 Å². The second-order valence-electron chi connectivity index (χ2n) is 6.12. The lowest BCUT2D eigenvalue weighted by molar-refractivity contribution is 0.0995. The van der Waals surface area contributed by atoms with Crippen LogP contribution in [0.15, 0.2) is 30.9 Å². The lowest BCUT2D eigenvalue weighted by atomic mass is 10.1. The standard InChI is InChI=1S/C16H18N8O2/c17-14(25)13-12(9-24(22-13)10-2-5-18-6-3-10)21-16(26)11-8-20-23-7-1-4-19-15(11)23/h1,4,7-10,18H,2-3,5-6H2,(H2,17,25)(H,21,26). The Morgan fingerprint density at radius 1 is 1.31 bits per heavy atom. The molecule has 26 heavy (non-hydrogen) atoms. The van der Waals surface area contributed by atoms with Gasteiger partial charge in [0.05, 0.1) is 17.9 Å². The van der Waals surface area contributed by atoms with Crippen LogP contribution >= 0.6 is 0 Å². The first kappa shape index (κ1) is 16.2. The first-order valence-corrected chi connectivity index (χ1v) is 8.33. The van der Waals surface area contributed by atoms with Crippen molar-refractivity contribution in [3.05, 3.63) is 42.1 Å². The van der Waals surface area contributed by atoms with E-state index in [0.717, 1.165) is 25.9 Å². The summed E-state index contributed by atoms with van der Waals surface area (Å²) in [6.07, 6.45) is 8.16. The number of amides is 2. The van der Waals surface area contributed by atoms with E-state index in [2.05, 4.69) is 25.8 Å². The van der Waals surface area contributed by atoms with Crippen LogP contribution in [0.3, 0.4) is 0 Å². The maximum absolute atomic E-state index is 12.6. The summed E-state index contributed by atoms with van der Waals surface area (Å²) in [6.45, 7) is 1.76. The highest BCUT2D eigenvalue weighted by atomic mass is 16.2. The Kier molecular flexibility index (Phi) is 4.09. The maximum atomic E-state index is 12.6. The monoisotopic (exact) mass is 354 g/mol. The third-order valence-corrected chi connectivity index (χ3v) is 4.42. The van der Waals surface area contributed by atoms with Crippen LogP contribution in [0.4, 0.5) is 5.69 Å². The Morgan fingerprint density at radius 2 is 2.12 bits per heavy atom. The third kappa shape index (κ3) is 2.90. The average molecular weight is 354 g/mol. The van der Waals surface area contributed by atoms with Crippen molar-refractivity contribution in [3.63, 3.8) is 0 Å². The number of anilines is 1. The van der Waals surface area contributed by atoms with E-state index in [1.165, 1.54) is 10.7 Å². The quantitative estimate of drug-likeness (QED) is 0.613. The summed E-state index contributed by atoms with van der Waals surface area (Å²) in [7, 11) is 0. The molecule has 1 fully saturated rings. The molecule has 4 heterocycles. The summed E-state index contributed by atoms with van der Waals surface area (Å²) in [5, 5.41) is 14.4. The number of piperidine rings is 1. The zero-order valence-corrected chi connectivity index (χ0v) is 13.9. The van der Waals surface area contributed by atoms with Crippen LogP contribution in [0.5, 0.6) is 0 Å². The highest BCUT2D eigenvalue weighted by Crippen LogP contribution is 2.23. The van der Waals surface area contributed by atoms with Crippen molar-refractivity contribution < 1.29 is 9.59 Å². The molecule has 2 amide bonds. The number of rotatable bonds is 4. The van der Waals surface area contributed by atoms with Crippen molar-refractivity contribution in [2.45, 2.75) is 18.9 Å². The van der Waals surface area contributed by atoms with Crippen LogP contribution in [0.2, 0.25) is 0 Å². The number of hydrogen-bond donors (Lipinski definition) is 3. The molecule has 0 unspecified atom stereocenters. The van der Waals surface area contributed by atoms with Crippen molar-refractivity contribution in [2.75, 3.05) is 18.4 Å². The summed E-state index contributed by atoms with van der Waals surface area (Å²) in [4.78, 5) is 28.6. The fraction of sp³-hybridized carbons (Fsp3) is 0.312. The molecule has 0 bridgehead atoms. The fourth-order valence-electron chi connectivity index (χ4n) is 3.10. The molecule has 0 spiro atoms. The van der Waals surface area contributed by atoms with Gasteiger partial charge in [-0.05, 0) is 32.0 Å². The molecule has 1 aliphatic rings. The van der Waals surface area contributed by atoms with Crippen LogP contribution in [-0.2, 0) is 0 Å². The van der Waals surface area contributed by atoms with Crippen LogP contribution in [0, 0.1) is 0 Å². The minimum Gasteiger partial charge on any atom is -0.364 e. The molecule has 134 valence electrons. The molecule has 1 aliphatic heterocycles.